The van der Waals surface area contributed by atoms with Gasteiger partial charge in [-0.2, -0.15) is 5.10 Å². The third kappa shape index (κ3) is 3.57. The molecule has 2 heterocycles. The summed E-state index contributed by atoms with van der Waals surface area (Å²) in [4.78, 5) is 17.4. The number of hydrogen-bond donors (Lipinski definition) is 0. The van der Waals surface area contributed by atoms with Gasteiger partial charge < -0.3 is 0 Å². The number of benzene rings is 3. The normalized spacial score (nSPS) is 15.8. The summed E-state index contributed by atoms with van der Waals surface area (Å²) in [6.07, 6.45) is 0.623. The summed E-state index contributed by atoms with van der Waals surface area (Å²) < 4.78 is 0. The predicted octanol–water partition coefficient (Wildman–Crippen LogP) is 6.56. The number of hydrazone groups is 1. The fourth-order valence-corrected chi connectivity index (χ4v) is 4.67. The molecule has 4 nitrogen and oxygen atoms in total. The van der Waals surface area contributed by atoms with Gasteiger partial charge in [0.15, 0.2) is 0 Å². The molecule has 0 radical (unpaired) electrons. The van der Waals surface area contributed by atoms with Crippen molar-refractivity contribution in [1.29, 1.82) is 0 Å². The Balaban J connectivity index is 1.75. The van der Waals surface area contributed by atoms with Gasteiger partial charge in [0.2, 0.25) is 5.91 Å². The van der Waals surface area contributed by atoms with Crippen LogP contribution in [0.1, 0.15) is 36.2 Å². The van der Waals surface area contributed by atoms with Crippen molar-refractivity contribution < 1.29 is 4.79 Å². The zero-order valence-electron chi connectivity index (χ0n) is 17.9. The molecule has 32 heavy (non-hydrogen) atoms. The Labute approximate surface area is 192 Å². The number of pyridine rings is 1. The van der Waals surface area contributed by atoms with Gasteiger partial charge >= 0.3 is 0 Å². The molecule has 0 saturated heterocycles. The van der Waals surface area contributed by atoms with E-state index in [2.05, 4.69) is 12.1 Å². The fourth-order valence-electron chi connectivity index (χ4n) is 4.50. The summed E-state index contributed by atoms with van der Waals surface area (Å²) in [5, 5.41) is 8.05. The maximum Gasteiger partial charge on any atom is 0.240 e. The summed E-state index contributed by atoms with van der Waals surface area (Å²) >= 11 is 6.39. The smallest absolute Gasteiger partial charge is 0.240 e. The van der Waals surface area contributed by atoms with Gasteiger partial charge in [-0.25, -0.2) is 5.01 Å². The van der Waals surface area contributed by atoms with Gasteiger partial charge in [0, 0.05) is 40.6 Å². The van der Waals surface area contributed by atoms with Crippen LogP contribution < -0.4 is 0 Å². The number of halogens is 1. The van der Waals surface area contributed by atoms with Crippen LogP contribution >= 0.6 is 11.6 Å². The molecule has 0 spiro atoms. The molecule has 0 aliphatic carbocycles. The number of carbonyl (C=O) groups is 1. The number of aromatic nitrogens is 1. The highest BCUT2D eigenvalue weighted by Gasteiger charge is 2.33. The van der Waals surface area contributed by atoms with Gasteiger partial charge in [0.1, 0.15) is 0 Å². The zero-order valence-corrected chi connectivity index (χ0v) is 18.7. The number of nitrogens with zero attached hydrogens (tertiary/aromatic N) is 3. The van der Waals surface area contributed by atoms with Crippen LogP contribution in [-0.4, -0.2) is 21.6 Å². The lowest BCUT2D eigenvalue weighted by molar-refractivity contribution is -0.130. The summed E-state index contributed by atoms with van der Waals surface area (Å²) in [6, 6.07) is 25.9. The summed E-state index contributed by atoms with van der Waals surface area (Å²) in [5.41, 5.74) is 6.78. The second-order valence-corrected chi connectivity index (χ2v) is 8.45. The number of aryl methyl sites for hydroxylation is 1. The minimum absolute atomic E-state index is 0.0791. The lowest BCUT2D eigenvalue weighted by Crippen LogP contribution is -2.24. The highest BCUT2D eigenvalue weighted by Crippen LogP contribution is 2.39. The Kier molecular flexibility index (Phi) is 5.24. The molecule has 1 aliphatic heterocycles. The predicted molar refractivity (Wildman–Crippen MR) is 130 cm³/mol. The van der Waals surface area contributed by atoms with Crippen LogP contribution in [-0.2, 0) is 4.79 Å². The highest BCUT2D eigenvalue weighted by atomic mass is 35.5. The Bertz CT molecular complexity index is 1350. The number of fused-ring (bicyclic) bond motifs is 1. The number of carbonyl (C=O) groups excluding carboxylic acids is 1. The molecular formula is C27H22ClN3O. The first-order chi connectivity index (χ1) is 15.5. The van der Waals surface area contributed by atoms with Crippen LogP contribution in [0.3, 0.4) is 0 Å². The van der Waals surface area contributed by atoms with Crippen molar-refractivity contribution in [3.8, 4) is 11.1 Å². The Morgan fingerprint density at radius 3 is 2.34 bits per heavy atom. The van der Waals surface area contributed by atoms with Crippen LogP contribution in [0, 0.1) is 6.92 Å². The van der Waals surface area contributed by atoms with Crippen molar-refractivity contribution in [2.45, 2.75) is 26.3 Å². The highest BCUT2D eigenvalue weighted by molar-refractivity contribution is 6.31. The van der Waals surface area contributed by atoms with Crippen LogP contribution in [0.15, 0.2) is 84.0 Å². The summed E-state index contributed by atoms with van der Waals surface area (Å²) in [7, 11) is 0. The molecule has 5 heteroatoms. The molecule has 1 atom stereocenters. The van der Waals surface area contributed by atoms with E-state index >= 15 is 0 Å². The molecule has 0 N–H and O–H groups in total. The third-order valence-corrected chi connectivity index (χ3v) is 6.13. The molecule has 1 unspecified atom stereocenters. The van der Waals surface area contributed by atoms with E-state index in [0.29, 0.717) is 11.4 Å². The SMILES string of the molecule is CC(=O)N1N=C(c2c(C)nc3ccc(Cl)cc3c2-c2ccccc2)CC1c1ccccc1. The van der Waals surface area contributed by atoms with E-state index in [1.807, 2.05) is 73.7 Å². The van der Waals surface area contributed by atoms with E-state index in [9.17, 15) is 4.79 Å². The molecule has 1 aliphatic rings. The van der Waals surface area contributed by atoms with E-state index < -0.39 is 0 Å². The average molecular weight is 440 g/mol. The molecule has 1 aromatic heterocycles. The van der Waals surface area contributed by atoms with Crippen molar-refractivity contribution >= 4 is 34.1 Å². The minimum Gasteiger partial charge on any atom is -0.273 e. The van der Waals surface area contributed by atoms with Gasteiger partial charge in [0.25, 0.3) is 0 Å². The third-order valence-electron chi connectivity index (χ3n) is 5.90. The Hall–Kier alpha value is -3.50. The van der Waals surface area contributed by atoms with E-state index in [1.165, 1.54) is 0 Å². The molecule has 1 amide bonds. The Morgan fingerprint density at radius 2 is 1.66 bits per heavy atom. The number of amides is 1. The van der Waals surface area contributed by atoms with E-state index in [4.69, 9.17) is 21.7 Å². The topological polar surface area (TPSA) is 45.6 Å². The van der Waals surface area contributed by atoms with Crippen molar-refractivity contribution in [2.75, 3.05) is 0 Å². The quantitative estimate of drug-likeness (QED) is 0.362. The second kappa shape index (κ2) is 8.21. The first kappa shape index (κ1) is 20.4. The van der Waals surface area contributed by atoms with Crippen LogP contribution in [0.25, 0.3) is 22.0 Å². The first-order valence-corrected chi connectivity index (χ1v) is 11.0. The largest absolute Gasteiger partial charge is 0.273 e. The van der Waals surface area contributed by atoms with Crippen LogP contribution in [0.2, 0.25) is 5.02 Å². The maximum absolute atomic E-state index is 12.5. The molecule has 0 saturated carbocycles. The molecule has 0 fully saturated rings. The Morgan fingerprint density at radius 1 is 0.969 bits per heavy atom. The van der Waals surface area contributed by atoms with Crippen molar-refractivity contribution in [1.82, 2.24) is 9.99 Å². The van der Waals surface area contributed by atoms with E-state index in [1.54, 1.807) is 11.9 Å². The number of rotatable bonds is 3. The summed E-state index contributed by atoms with van der Waals surface area (Å²) in [6.45, 7) is 3.57. The van der Waals surface area contributed by atoms with Gasteiger partial charge in [-0.15, -0.1) is 0 Å². The molecule has 4 aromatic rings. The molecule has 5 rings (SSSR count). The molecular weight excluding hydrogens is 418 g/mol. The average Bonchev–Trinajstić information content (AvgIpc) is 3.25. The lowest BCUT2D eigenvalue weighted by Gasteiger charge is -2.20. The fraction of sp³-hybridized carbons (Fsp3) is 0.148. The summed E-state index contributed by atoms with van der Waals surface area (Å²) in [5.74, 6) is -0.0791. The van der Waals surface area contributed by atoms with Crippen LogP contribution in [0.5, 0.6) is 0 Å². The van der Waals surface area contributed by atoms with Crippen molar-refractivity contribution in [3.05, 3.63) is 101 Å². The van der Waals surface area contributed by atoms with Gasteiger partial charge in [0.05, 0.1) is 17.3 Å². The monoisotopic (exact) mass is 439 g/mol. The second-order valence-electron chi connectivity index (χ2n) is 8.02. The van der Waals surface area contributed by atoms with Crippen LogP contribution in [0.4, 0.5) is 0 Å². The van der Waals surface area contributed by atoms with Gasteiger partial charge in [-0.05, 0) is 36.2 Å². The lowest BCUT2D eigenvalue weighted by atomic mass is 9.89. The molecule has 158 valence electrons. The molecule has 3 aromatic carbocycles. The first-order valence-electron chi connectivity index (χ1n) is 10.6. The van der Waals surface area contributed by atoms with E-state index in [0.717, 1.165) is 44.6 Å². The standard InChI is InChI=1S/C27H22ClN3O/c1-17-26(24-16-25(31(30-24)18(2)32)19-9-5-3-6-10-19)27(20-11-7-4-8-12-20)22-15-21(28)13-14-23(22)29-17/h3-15,25H,16H2,1-2H3. The minimum atomic E-state index is -0.137. The van der Waals surface area contributed by atoms with Gasteiger partial charge in [-0.3, -0.25) is 9.78 Å². The zero-order chi connectivity index (χ0) is 22.2. The van der Waals surface area contributed by atoms with Gasteiger partial charge in [-0.1, -0.05) is 72.3 Å². The van der Waals surface area contributed by atoms with Crippen molar-refractivity contribution in [3.63, 3.8) is 0 Å². The maximum atomic E-state index is 12.5. The van der Waals surface area contributed by atoms with E-state index in [-0.39, 0.29) is 11.9 Å². The number of hydrogen-bond acceptors (Lipinski definition) is 3. The molecule has 0 bridgehead atoms. The van der Waals surface area contributed by atoms with Crippen molar-refractivity contribution in [2.24, 2.45) is 5.10 Å².